The fourth-order valence-corrected chi connectivity index (χ4v) is 6.16. The van der Waals surface area contributed by atoms with Crippen molar-refractivity contribution in [2.24, 2.45) is 4.99 Å². The molecule has 0 fully saturated rings. The van der Waals surface area contributed by atoms with Crippen LogP contribution in [0.25, 0.3) is 5.57 Å². The number of nitrogens with one attached hydrogen (secondary N) is 1. The highest BCUT2D eigenvalue weighted by Gasteiger charge is 2.36. The van der Waals surface area contributed by atoms with Gasteiger partial charge in [-0.05, 0) is 45.9 Å². The number of thiazole rings is 1. The van der Waals surface area contributed by atoms with Crippen molar-refractivity contribution in [2.45, 2.75) is 33.7 Å². The molecule has 3 heterocycles. The number of ether oxygens (including phenoxy) is 1. The summed E-state index contributed by atoms with van der Waals surface area (Å²) in [6.45, 7) is 8.62. The molecule has 2 aliphatic heterocycles. The van der Waals surface area contributed by atoms with E-state index in [9.17, 15) is 14.4 Å². The zero-order valence-corrected chi connectivity index (χ0v) is 22.2. The van der Waals surface area contributed by atoms with Gasteiger partial charge in [-0.2, -0.15) is 0 Å². The van der Waals surface area contributed by atoms with E-state index in [4.69, 9.17) is 9.73 Å². The third-order valence-electron chi connectivity index (χ3n) is 6.86. The molecule has 1 N–H and O–H groups in total. The third kappa shape index (κ3) is 3.90. The first-order chi connectivity index (χ1) is 17.8. The first-order valence-electron chi connectivity index (χ1n) is 12.2. The molecular formula is C28H28N4O4S. The van der Waals surface area contributed by atoms with Crippen molar-refractivity contribution in [3.8, 4) is 5.75 Å². The molecule has 0 unspecified atom stereocenters. The molecule has 0 aliphatic carbocycles. The molecule has 0 bridgehead atoms. The molecular weight excluding hydrogens is 488 g/mol. The van der Waals surface area contributed by atoms with Crippen LogP contribution in [0.2, 0.25) is 0 Å². The summed E-state index contributed by atoms with van der Waals surface area (Å²) in [7, 11) is 1.56. The van der Waals surface area contributed by atoms with E-state index in [-0.39, 0.29) is 17.4 Å². The van der Waals surface area contributed by atoms with E-state index in [0.29, 0.717) is 61.8 Å². The SMILES string of the molecule is CCN(CC)C(=O)C1=C(C)N=c2s/c(=C3/C(=O)Nc4ccc(C)cc43)c(=O)n2[C@H]1c1ccccc1OC. The maximum atomic E-state index is 14.1. The van der Waals surface area contributed by atoms with Crippen LogP contribution in [0.1, 0.15) is 43.5 Å². The molecule has 37 heavy (non-hydrogen) atoms. The van der Waals surface area contributed by atoms with E-state index in [1.54, 1.807) is 18.9 Å². The fraction of sp³-hybridized carbons (Fsp3) is 0.286. The lowest BCUT2D eigenvalue weighted by molar-refractivity contribution is -0.127. The van der Waals surface area contributed by atoms with Crippen molar-refractivity contribution in [1.29, 1.82) is 0 Å². The Morgan fingerprint density at radius 1 is 1.14 bits per heavy atom. The highest BCUT2D eigenvalue weighted by atomic mass is 32.1. The molecule has 5 rings (SSSR count). The van der Waals surface area contributed by atoms with E-state index >= 15 is 0 Å². The zero-order valence-electron chi connectivity index (χ0n) is 21.4. The second-order valence-electron chi connectivity index (χ2n) is 9.00. The Morgan fingerprint density at radius 3 is 2.57 bits per heavy atom. The summed E-state index contributed by atoms with van der Waals surface area (Å²) >= 11 is 1.17. The summed E-state index contributed by atoms with van der Waals surface area (Å²) in [5.74, 6) is 0.0550. The number of aromatic nitrogens is 1. The fourth-order valence-electron chi connectivity index (χ4n) is 5.02. The van der Waals surface area contributed by atoms with Crippen LogP contribution in [0.4, 0.5) is 5.69 Å². The van der Waals surface area contributed by atoms with Gasteiger partial charge in [0.25, 0.3) is 17.4 Å². The van der Waals surface area contributed by atoms with Crippen molar-refractivity contribution in [1.82, 2.24) is 9.47 Å². The number of rotatable bonds is 5. The normalized spacial score (nSPS) is 17.6. The minimum atomic E-state index is -0.753. The molecule has 2 amide bonds. The van der Waals surface area contributed by atoms with Crippen LogP contribution in [0, 0.1) is 6.92 Å². The Hall–Kier alpha value is -3.98. The average molecular weight is 517 g/mol. The molecule has 2 aromatic carbocycles. The third-order valence-corrected chi connectivity index (χ3v) is 7.91. The summed E-state index contributed by atoms with van der Waals surface area (Å²) < 4.78 is 7.49. The molecule has 0 saturated carbocycles. The van der Waals surface area contributed by atoms with Gasteiger partial charge in [-0.15, -0.1) is 0 Å². The summed E-state index contributed by atoms with van der Waals surface area (Å²) in [4.78, 5) is 47.8. The van der Waals surface area contributed by atoms with Gasteiger partial charge in [-0.25, -0.2) is 4.99 Å². The minimum Gasteiger partial charge on any atom is -0.496 e. The van der Waals surface area contributed by atoms with E-state index < -0.39 is 6.04 Å². The topological polar surface area (TPSA) is 93.0 Å². The second-order valence-corrected chi connectivity index (χ2v) is 9.98. The van der Waals surface area contributed by atoms with Crippen molar-refractivity contribution in [2.75, 3.05) is 25.5 Å². The van der Waals surface area contributed by atoms with Crippen LogP contribution in [0.3, 0.4) is 0 Å². The predicted molar refractivity (Wildman–Crippen MR) is 143 cm³/mol. The number of methoxy groups -OCH3 is 1. The number of anilines is 1. The number of amides is 2. The predicted octanol–water partition coefficient (Wildman–Crippen LogP) is 2.74. The van der Waals surface area contributed by atoms with Crippen LogP contribution in [-0.4, -0.2) is 41.5 Å². The lowest BCUT2D eigenvalue weighted by atomic mass is 9.94. The largest absolute Gasteiger partial charge is 0.496 e. The number of para-hydroxylation sites is 1. The van der Waals surface area contributed by atoms with Crippen LogP contribution in [-0.2, 0) is 9.59 Å². The Morgan fingerprint density at radius 2 is 1.86 bits per heavy atom. The molecule has 1 aromatic heterocycles. The maximum Gasteiger partial charge on any atom is 0.271 e. The lowest BCUT2D eigenvalue weighted by Gasteiger charge is -2.29. The van der Waals surface area contributed by atoms with Gasteiger partial charge in [0.2, 0.25) is 0 Å². The highest BCUT2D eigenvalue weighted by Crippen LogP contribution is 2.36. The number of nitrogens with zero attached hydrogens (tertiary/aromatic N) is 3. The van der Waals surface area contributed by atoms with Gasteiger partial charge in [-0.1, -0.05) is 41.2 Å². The number of aryl methyl sites for hydroxylation is 1. The Kier molecular flexibility index (Phi) is 6.33. The van der Waals surface area contributed by atoms with Crippen LogP contribution in [0.15, 0.2) is 63.5 Å². The van der Waals surface area contributed by atoms with Crippen LogP contribution >= 0.6 is 11.3 Å². The van der Waals surface area contributed by atoms with Gasteiger partial charge in [-0.3, -0.25) is 19.0 Å². The van der Waals surface area contributed by atoms with Crippen molar-refractivity contribution < 1.29 is 14.3 Å². The Labute approximate surface area is 218 Å². The van der Waals surface area contributed by atoms with Gasteiger partial charge in [0.05, 0.1) is 24.0 Å². The quantitative estimate of drug-likeness (QED) is 0.565. The van der Waals surface area contributed by atoms with E-state index in [1.807, 2.05) is 63.2 Å². The zero-order chi connectivity index (χ0) is 26.4. The molecule has 1 atom stereocenters. The summed E-state index contributed by atoms with van der Waals surface area (Å²) in [6, 6.07) is 12.3. The molecule has 0 spiro atoms. The van der Waals surface area contributed by atoms with E-state index in [1.165, 1.54) is 15.9 Å². The van der Waals surface area contributed by atoms with E-state index in [2.05, 4.69) is 5.32 Å². The summed E-state index contributed by atoms with van der Waals surface area (Å²) in [5, 5.41) is 2.87. The number of hydrogen-bond donors (Lipinski definition) is 1. The van der Waals surface area contributed by atoms with Crippen molar-refractivity contribution >= 4 is 34.4 Å². The highest BCUT2D eigenvalue weighted by molar-refractivity contribution is 7.07. The Balaban J connectivity index is 1.85. The number of hydrogen-bond acceptors (Lipinski definition) is 6. The van der Waals surface area contributed by atoms with E-state index in [0.717, 1.165) is 5.56 Å². The first kappa shape index (κ1) is 24.7. The van der Waals surface area contributed by atoms with Gasteiger partial charge < -0.3 is 15.0 Å². The molecule has 3 aromatic rings. The standard InChI is InChI=1S/C28H28N4O4S/c1-6-31(7-2)26(34)21-16(4)29-28-32(23(21)17-10-8-9-11-20(17)36-5)27(35)24(37-28)22-18-14-15(3)12-13-19(18)30-25(22)33/h8-14,23H,6-7H2,1-5H3,(H,30,33)/b24-22+/t23-/m0/s1. The van der Waals surface area contributed by atoms with Gasteiger partial charge >= 0.3 is 0 Å². The molecule has 0 saturated heterocycles. The smallest absolute Gasteiger partial charge is 0.271 e. The second kappa shape index (κ2) is 9.48. The number of likely N-dealkylation sites (N-methyl/N-ethyl adjacent to an activating group) is 1. The van der Waals surface area contributed by atoms with Crippen molar-refractivity contribution in [3.05, 3.63) is 90.1 Å². The monoisotopic (exact) mass is 516 g/mol. The lowest BCUT2D eigenvalue weighted by Crippen LogP contribution is -2.43. The summed E-state index contributed by atoms with van der Waals surface area (Å²) in [6.07, 6.45) is 0. The van der Waals surface area contributed by atoms with Gasteiger partial charge in [0.15, 0.2) is 4.80 Å². The molecule has 2 aliphatic rings. The van der Waals surface area contributed by atoms with Crippen LogP contribution < -0.4 is 24.9 Å². The Bertz CT molecular complexity index is 1660. The molecule has 8 nitrogen and oxygen atoms in total. The minimum absolute atomic E-state index is 0.181. The number of carbonyl (C=O) groups is 2. The summed E-state index contributed by atoms with van der Waals surface area (Å²) in [5.41, 5.74) is 3.96. The first-order valence-corrected chi connectivity index (χ1v) is 13.0. The molecule has 190 valence electrons. The number of benzene rings is 2. The molecule has 0 radical (unpaired) electrons. The maximum absolute atomic E-state index is 14.1. The molecule has 9 heteroatoms. The number of carbonyl (C=O) groups excluding carboxylic acids is 2. The van der Waals surface area contributed by atoms with Crippen LogP contribution in [0.5, 0.6) is 5.75 Å². The van der Waals surface area contributed by atoms with Gasteiger partial charge in [0.1, 0.15) is 16.3 Å². The number of fused-ring (bicyclic) bond motifs is 2. The van der Waals surface area contributed by atoms with Gasteiger partial charge in [0, 0.05) is 29.9 Å². The van der Waals surface area contributed by atoms with Crippen molar-refractivity contribution in [3.63, 3.8) is 0 Å². The average Bonchev–Trinajstić information content (AvgIpc) is 3.38. The number of allylic oxidation sites excluding steroid dienone is 1.